The van der Waals surface area contributed by atoms with Crippen molar-refractivity contribution < 1.29 is 9.66 Å². The Balaban J connectivity index is 2.24. The van der Waals surface area contributed by atoms with E-state index in [1.54, 1.807) is 6.07 Å². The van der Waals surface area contributed by atoms with Crippen molar-refractivity contribution in [1.29, 1.82) is 0 Å². The quantitative estimate of drug-likeness (QED) is 0.661. The van der Waals surface area contributed by atoms with Crippen LogP contribution in [-0.2, 0) is 4.74 Å². The average molecular weight is 283 g/mol. The molecular formula is C12H17N3O3S. The van der Waals surface area contributed by atoms with Gasteiger partial charge in [0.15, 0.2) is 5.03 Å². The molecular weight excluding hydrogens is 266 g/mol. The highest BCUT2D eigenvalue weighted by Crippen LogP contribution is 2.36. The Bertz CT molecular complexity index is 470. The van der Waals surface area contributed by atoms with Crippen molar-refractivity contribution >= 4 is 23.3 Å². The molecule has 1 fully saturated rings. The van der Waals surface area contributed by atoms with Crippen LogP contribution < -0.4 is 5.32 Å². The number of hydrogen-bond acceptors (Lipinski definition) is 6. The number of nitro groups is 1. The summed E-state index contributed by atoms with van der Waals surface area (Å²) in [4.78, 5) is 15.0. The molecule has 7 heteroatoms. The second-order valence-electron chi connectivity index (χ2n) is 4.33. The maximum atomic E-state index is 11.0. The molecule has 2 unspecified atom stereocenters. The van der Waals surface area contributed by atoms with Crippen molar-refractivity contribution in [1.82, 2.24) is 4.98 Å². The third-order valence-electron chi connectivity index (χ3n) is 2.96. The van der Waals surface area contributed by atoms with Crippen LogP contribution in [0.25, 0.3) is 0 Å². The third kappa shape index (κ3) is 3.36. The van der Waals surface area contributed by atoms with E-state index in [0.717, 1.165) is 13.0 Å². The number of nitrogens with one attached hydrogen (secondary N) is 1. The Kier molecular flexibility index (Phi) is 4.60. The zero-order valence-electron chi connectivity index (χ0n) is 11.0. The number of ether oxygens (including phenoxy) is 1. The minimum atomic E-state index is -0.383. The van der Waals surface area contributed by atoms with Gasteiger partial charge in [0.1, 0.15) is 5.82 Å². The van der Waals surface area contributed by atoms with E-state index >= 15 is 0 Å². The first kappa shape index (κ1) is 14.1. The van der Waals surface area contributed by atoms with Crippen LogP contribution in [-0.4, -0.2) is 34.4 Å². The molecule has 104 valence electrons. The summed E-state index contributed by atoms with van der Waals surface area (Å²) in [6, 6.07) is 3.15. The number of aromatic nitrogens is 1. The number of hydrogen-bond donors (Lipinski definition) is 1. The monoisotopic (exact) mass is 283 g/mol. The molecule has 1 saturated heterocycles. The lowest BCUT2D eigenvalue weighted by atomic mass is 10.3. The van der Waals surface area contributed by atoms with Gasteiger partial charge in [-0.1, -0.05) is 11.8 Å². The second kappa shape index (κ2) is 6.21. The van der Waals surface area contributed by atoms with Gasteiger partial charge in [-0.25, -0.2) is 4.98 Å². The normalized spacial score (nSPS) is 22.4. The third-order valence-corrected chi connectivity index (χ3v) is 4.41. The summed E-state index contributed by atoms with van der Waals surface area (Å²) in [7, 11) is 0. The fraction of sp³-hybridized carbons (Fsp3) is 0.583. The molecule has 2 rings (SSSR count). The van der Waals surface area contributed by atoms with Gasteiger partial charge in [0.05, 0.1) is 11.0 Å². The summed E-state index contributed by atoms with van der Waals surface area (Å²) >= 11 is 1.44. The molecule has 0 aromatic carbocycles. The molecule has 1 aromatic rings. The van der Waals surface area contributed by atoms with Gasteiger partial charge in [-0.2, -0.15) is 0 Å². The lowest BCUT2D eigenvalue weighted by Gasteiger charge is -2.13. The zero-order chi connectivity index (χ0) is 13.8. The van der Waals surface area contributed by atoms with E-state index < -0.39 is 0 Å². The molecule has 1 aromatic heterocycles. The first-order valence-corrected chi connectivity index (χ1v) is 7.17. The molecule has 0 bridgehead atoms. The van der Waals surface area contributed by atoms with Gasteiger partial charge in [0, 0.05) is 24.5 Å². The van der Waals surface area contributed by atoms with Crippen LogP contribution >= 0.6 is 11.8 Å². The molecule has 0 aliphatic carbocycles. The van der Waals surface area contributed by atoms with Crippen LogP contribution in [0.2, 0.25) is 0 Å². The summed E-state index contributed by atoms with van der Waals surface area (Å²) in [6.45, 7) is 5.39. The first-order valence-electron chi connectivity index (χ1n) is 6.29. The zero-order valence-corrected chi connectivity index (χ0v) is 11.8. The molecule has 0 spiro atoms. The van der Waals surface area contributed by atoms with Crippen molar-refractivity contribution in [3.05, 3.63) is 22.2 Å². The molecule has 0 radical (unpaired) electrons. The maximum absolute atomic E-state index is 11.0. The average Bonchev–Trinajstić information content (AvgIpc) is 2.75. The van der Waals surface area contributed by atoms with Crippen LogP contribution in [0.5, 0.6) is 0 Å². The van der Waals surface area contributed by atoms with E-state index in [1.165, 1.54) is 17.8 Å². The first-order chi connectivity index (χ1) is 9.11. The summed E-state index contributed by atoms with van der Waals surface area (Å²) in [5.74, 6) is 0.669. The largest absolute Gasteiger partial charge is 0.377 e. The van der Waals surface area contributed by atoms with Crippen molar-refractivity contribution in [2.45, 2.75) is 36.6 Å². The highest BCUT2D eigenvalue weighted by atomic mass is 32.2. The number of nitrogens with zero attached hydrogens (tertiary/aromatic N) is 2. The van der Waals surface area contributed by atoms with Gasteiger partial charge in [0.25, 0.3) is 0 Å². The number of rotatable bonds is 5. The van der Waals surface area contributed by atoms with E-state index in [4.69, 9.17) is 4.74 Å². The SMILES string of the molecule is CCNc1ccc([N+](=O)[O-])c(SC2CCOC2C)n1. The molecule has 2 heterocycles. The van der Waals surface area contributed by atoms with Gasteiger partial charge < -0.3 is 10.1 Å². The minimum Gasteiger partial charge on any atom is -0.377 e. The van der Waals surface area contributed by atoms with E-state index in [0.29, 0.717) is 17.5 Å². The maximum Gasteiger partial charge on any atom is 0.301 e. The predicted octanol–water partition coefficient (Wildman–Crippen LogP) is 2.69. The summed E-state index contributed by atoms with van der Waals surface area (Å²) in [5.41, 5.74) is 0.0609. The van der Waals surface area contributed by atoms with Crippen molar-refractivity contribution in [3.63, 3.8) is 0 Å². The van der Waals surface area contributed by atoms with Gasteiger partial charge in [0.2, 0.25) is 0 Å². The predicted molar refractivity (Wildman–Crippen MR) is 74.7 cm³/mol. The molecule has 1 aliphatic rings. The lowest BCUT2D eigenvalue weighted by Crippen LogP contribution is -2.14. The number of anilines is 1. The fourth-order valence-corrected chi connectivity index (χ4v) is 3.13. The fourth-order valence-electron chi connectivity index (χ4n) is 1.95. The second-order valence-corrected chi connectivity index (χ2v) is 5.56. The molecule has 1 N–H and O–H groups in total. The molecule has 19 heavy (non-hydrogen) atoms. The summed E-state index contributed by atoms with van der Waals surface area (Å²) < 4.78 is 5.48. The topological polar surface area (TPSA) is 77.3 Å². The molecule has 0 saturated carbocycles. The molecule has 6 nitrogen and oxygen atoms in total. The Hall–Kier alpha value is -1.34. The van der Waals surface area contributed by atoms with Crippen LogP contribution in [0.1, 0.15) is 20.3 Å². The molecule has 0 amide bonds. The lowest BCUT2D eigenvalue weighted by molar-refractivity contribution is -0.388. The van der Waals surface area contributed by atoms with Crippen molar-refractivity contribution in [3.8, 4) is 0 Å². The van der Waals surface area contributed by atoms with Crippen LogP contribution in [0.15, 0.2) is 17.2 Å². The Labute approximate surface area is 116 Å². The van der Waals surface area contributed by atoms with Crippen molar-refractivity contribution in [2.75, 3.05) is 18.5 Å². The van der Waals surface area contributed by atoms with Crippen molar-refractivity contribution in [2.24, 2.45) is 0 Å². The smallest absolute Gasteiger partial charge is 0.301 e. The van der Waals surface area contributed by atoms with Gasteiger partial charge in [-0.3, -0.25) is 10.1 Å². The highest BCUT2D eigenvalue weighted by Gasteiger charge is 2.29. The standard InChI is InChI=1S/C12H17N3O3S/c1-3-13-11-5-4-9(15(16)17)12(14-11)19-10-6-7-18-8(10)2/h4-5,8,10H,3,6-7H2,1-2H3,(H,13,14). The van der Waals surface area contributed by atoms with E-state index in [9.17, 15) is 10.1 Å². The van der Waals surface area contributed by atoms with Crippen LogP contribution in [0.3, 0.4) is 0 Å². The van der Waals surface area contributed by atoms with Gasteiger partial charge in [-0.05, 0) is 26.3 Å². The Morgan fingerprint density at radius 2 is 2.42 bits per heavy atom. The molecule has 1 aliphatic heterocycles. The van der Waals surface area contributed by atoms with E-state index in [-0.39, 0.29) is 22.0 Å². The molecule has 2 atom stereocenters. The Morgan fingerprint density at radius 3 is 3.00 bits per heavy atom. The minimum absolute atomic E-state index is 0.0609. The highest BCUT2D eigenvalue weighted by molar-refractivity contribution is 8.00. The van der Waals surface area contributed by atoms with Gasteiger partial charge in [-0.15, -0.1) is 0 Å². The van der Waals surface area contributed by atoms with Gasteiger partial charge >= 0.3 is 5.69 Å². The van der Waals surface area contributed by atoms with Crippen LogP contribution in [0, 0.1) is 10.1 Å². The number of thioether (sulfide) groups is 1. The summed E-state index contributed by atoms with van der Waals surface area (Å²) in [5, 5.41) is 14.8. The van der Waals surface area contributed by atoms with E-state index in [1.807, 2.05) is 13.8 Å². The van der Waals surface area contributed by atoms with Crippen LogP contribution in [0.4, 0.5) is 11.5 Å². The van der Waals surface area contributed by atoms with E-state index in [2.05, 4.69) is 10.3 Å². The summed E-state index contributed by atoms with van der Waals surface area (Å²) in [6.07, 6.45) is 1.00. The number of pyridine rings is 1. The Morgan fingerprint density at radius 1 is 1.63 bits per heavy atom.